The fraction of sp³-hybridized carbons (Fsp3) is 0.429. The fourth-order valence-corrected chi connectivity index (χ4v) is 2.11. The first-order valence-corrected chi connectivity index (χ1v) is 5.56. The zero-order chi connectivity index (χ0) is 11.1. The normalized spacial score (nSPS) is 15.9. The molecule has 1 aliphatic rings. The quantitative estimate of drug-likeness (QED) is 0.742. The van der Waals surface area contributed by atoms with Gasteiger partial charge in [0.25, 0.3) is 0 Å². The first-order valence-electron chi connectivity index (χ1n) is 5.56. The van der Waals surface area contributed by atoms with Crippen molar-refractivity contribution < 1.29 is 0 Å². The number of aryl methyl sites for hydroxylation is 2. The van der Waals surface area contributed by atoms with Crippen molar-refractivity contribution in [1.82, 2.24) is 0 Å². The lowest BCUT2D eigenvalue weighted by Gasteiger charge is -2.27. The van der Waals surface area contributed by atoms with E-state index in [0.717, 1.165) is 12.8 Å². The summed E-state index contributed by atoms with van der Waals surface area (Å²) in [5.41, 5.74) is 11.4. The summed E-state index contributed by atoms with van der Waals surface area (Å²) in [5.74, 6) is 0. The molecule has 1 nitrogen and oxygen atoms in total. The minimum absolute atomic E-state index is 0.179. The lowest BCUT2D eigenvalue weighted by molar-refractivity contribution is 0.583. The van der Waals surface area contributed by atoms with Gasteiger partial charge in [-0.25, -0.2) is 0 Å². The number of hydrogen-bond donors (Lipinski definition) is 1. The van der Waals surface area contributed by atoms with Crippen LogP contribution in [0.15, 0.2) is 23.8 Å². The smallest absolute Gasteiger partial charge is 0.0314 e. The largest absolute Gasteiger partial charge is 0.322 e. The molecule has 0 heterocycles. The average molecular weight is 201 g/mol. The molecule has 2 N–H and O–H groups in total. The highest BCUT2D eigenvalue weighted by molar-refractivity contribution is 5.62. The molecule has 0 atom stereocenters. The molecule has 0 unspecified atom stereocenters. The molecule has 1 aromatic rings. The summed E-state index contributed by atoms with van der Waals surface area (Å²) in [6.45, 7) is 6.30. The van der Waals surface area contributed by atoms with Crippen LogP contribution in [0.1, 0.15) is 37.0 Å². The van der Waals surface area contributed by atoms with Crippen molar-refractivity contribution in [2.24, 2.45) is 5.73 Å². The molecule has 15 heavy (non-hydrogen) atoms. The number of rotatable bonds is 1. The van der Waals surface area contributed by atoms with Crippen molar-refractivity contribution in [3.8, 4) is 0 Å². The van der Waals surface area contributed by atoms with Gasteiger partial charge in [-0.1, -0.05) is 35.4 Å². The van der Waals surface area contributed by atoms with Crippen molar-refractivity contribution >= 4 is 6.08 Å². The van der Waals surface area contributed by atoms with Gasteiger partial charge in [-0.05, 0) is 44.7 Å². The first kappa shape index (κ1) is 10.4. The zero-order valence-electron chi connectivity index (χ0n) is 9.80. The second kappa shape index (κ2) is 3.49. The van der Waals surface area contributed by atoms with Crippen LogP contribution in [0.3, 0.4) is 0 Å². The molecule has 0 saturated heterocycles. The molecule has 2 rings (SSSR count). The van der Waals surface area contributed by atoms with Gasteiger partial charge in [0, 0.05) is 5.54 Å². The van der Waals surface area contributed by atoms with Crippen LogP contribution in [0.4, 0.5) is 0 Å². The molecule has 1 heteroatoms. The Morgan fingerprint density at radius 3 is 2.60 bits per heavy atom. The van der Waals surface area contributed by atoms with Crippen molar-refractivity contribution in [3.63, 3.8) is 0 Å². The second-order valence-corrected chi connectivity index (χ2v) is 5.09. The topological polar surface area (TPSA) is 26.0 Å². The molecule has 0 amide bonds. The van der Waals surface area contributed by atoms with E-state index < -0.39 is 0 Å². The van der Waals surface area contributed by atoms with Crippen molar-refractivity contribution in [1.29, 1.82) is 0 Å². The molecule has 80 valence electrons. The zero-order valence-corrected chi connectivity index (χ0v) is 9.80. The van der Waals surface area contributed by atoms with Crippen LogP contribution in [0, 0.1) is 6.92 Å². The lowest BCUT2D eigenvalue weighted by atomic mass is 9.83. The minimum atomic E-state index is -0.179. The van der Waals surface area contributed by atoms with Crippen LogP contribution in [0.5, 0.6) is 0 Å². The first-order chi connectivity index (χ1) is 6.97. The Labute approximate surface area is 92.0 Å². The van der Waals surface area contributed by atoms with Gasteiger partial charge in [-0.2, -0.15) is 0 Å². The molecule has 0 fully saturated rings. The van der Waals surface area contributed by atoms with Crippen molar-refractivity contribution in [2.75, 3.05) is 0 Å². The van der Waals surface area contributed by atoms with Crippen LogP contribution in [-0.2, 0) is 6.42 Å². The van der Waals surface area contributed by atoms with Gasteiger partial charge in [0.2, 0.25) is 0 Å². The Morgan fingerprint density at radius 1 is 1.20 bits per heavy atom. The summed E-state index contributed by atoms with van der Waals surface area (Å²) in [6, 6.07) is 6.67. The summed E-state index contributed by atoms with van der Waals surface area (Å²) >= 11 is 0. The van der Waals surface area contributed by atoms with Crippen molar-refractivity contribution in [3.05, 3.63) is 40.5 Å². The van der Waals surface area contributed by atoms with E-state index in [-0.39, 0.29) is 5.54 Å². The van der Waals surface area contributed by atoms with Gasteiger partial charge >= 0.3 is 0 Å². The van der Waals surface area contributed by atoms with E-state index in [0.29, 0.717) is 0 Å². The predicted octanol–water partition coefficient (Wildman–Crippen LogP) is 3.06. The number of fused-ring (bicyclic) bond motifs is 1. The highest BCUT2D eigenvalue weighted by Crippen LogP contribution is 2.29. The number of benzene rings is 1. The van der Waals surface area contributed by atoms with E-state index in [9.17, 15) is 0 Å². The molecule has 0 spiro atoms. The summed E-state index contributed by atoms with van der Waals surface area (Å²) in [4.78, 5) is 0. The van der Waals surface area contributed by atoms with Crippen LogP contribution < -0.4 is 5.73 Å². The van der Waals surface area contributed by atoms with Gasteiger partial charge in [0.05, 0.1) is 0 Å². The van der Waals surface area contributed by atoms with Gasteiger partial charge in [0.1, 0.15) is 0 Å². The second-order valence-electron chi connectivity index (χ2n) is 5.09. The molecule has 0 radical (unpaired) electrons. The Bertz CT molecular complexity index is 408. The molecular formula is C14H19N. The summed E-state index contributed by atoms with van der Waals surface area (Å²) in [7, 11) is 0. The predicted molar refractivity (Wildman–Crippen MR) is 65.7 cm³/mol. The van der Waals surface area contributed by atoms with E-state index in [4.69, 9.17) is 5.73 Å². The van der Waals surface area contributed by atoms with E-state index in [1.165, 1.54) is 22.3 Å². The Hall–Kier alpha value is -1.08. The highest BCUT2D eigenvalue weighted by atomic mass is 14.7. The molecule has 0 saturated carbocycles. The van der Waals surface area contributed by atoms with E-state index in [1.807, 2.05) is 0 Å². The Balaban J connectivity index is 2.44. The van der Waals surface area contributed by atoms with Crippen LogP contribution in [-0.4, -0.2) is 5.54 Å². The van der Waals surface area contributed by atoms with Gasteiger partial charge in [-0.15, -0.1) is 0 Å². The molecule has 0 bridgehead atoms. The number of hydrogen-bond acceptors (Lipinski definition) is 1. The maximum absolute atomic E-state index is 6.14. The third kappa shape index (κ3) is 2.13. The van der Waals surface area contributed by atoms with Crippen molar-refractivity contribution in [2.45, 2.75) is 39.2 Å². The molecule has 0 aliphatic heterocycles. The molecular weight excluding hydrogens is 182 g/mol. The third-order valence-electron chi connectivity index (χ3n) is 3.12. The van der Waals surface area contributed by atoms with Crippen LogP contribution >= 0.6 is 0 Å². The average Bonchev–Trinajstić information content (AvgIpc) is 2.15. The molecule has 1 aliphatic carbocycles. The summed E-state index contributed by atoms with van der Waals surface area (Å²) in [6.07, 6.45) is 4.49. The minimum Gasteiger partial charge on any atom is -0.322 e. The summed E-state index contributed by atoms with van der Waals surface area (Å²) in [5, 5.41) is 0. The van der Waals surface area contributed by atoms with E-state index >= 15 is 0 Å². The standard InChI is InChI=1S/C14H19N/c1-10-4-5-11-6-7-13(14(2,3)15)9-12(11)8-10/h4-5,8-9H,6-7,15H2,1-3H3. The molecule has 0 aromatic heterocycles. The number of nitrogens with two attached hydrogens (primary N) is 1. The lowest BCUT2D eigenvalue weighted by Crippen LogP contribution is -2.35. The van der Waals surface area contributed by atoms with E-state index in [1.54, 1.807) is 0 Å². The molecule has 1 aromatic carbocycles. The monoisotopic (exact) mass is 201 g/mol. The summed E-state index contributed by atoms with van der Waals surface area (Å²) < 4.78 is 0. The van der Waals surface area contributed by atoms with Crippen LogP contribution in [0.2, 0.25) is 0 Å². The maximum Gasteiger partial charge on any atom is 0.0314 e. The van der Waals surface area contributed by atoms with Gasteiger partial charge < -0.3 is 5.73 Å². The van der Waals surface area contributed by atoms with Gasteiger partial charge in [0.15, 0.2) is 0 Å². The highest BCUT2D eigenvalue weighted by Gasteiger charge is 2.20. The SMILES string of the molecule is Cc1ccc2c(c1)C=C(C(C)(C)N)CC2. The van der Waals surface area contributed by atoms with Gasteiger partial charge in [-0.3, -0.25) is 0 Å². The maximum atomic E-state index is 6.14. The third-order valence-corrected chi connectivity index (χ3v) is 3.12. The van der Waals surface area contributed by atoms with E-state index in [2.05, 4.69) is 45.0 Å². The van der Waals surface area contributed by atoms with Crippen LogP contribution in [0.25, 0.3) is 6.08 Å². The fourth-order valence-electron chi connectivity index (χ4n) is 2.11. The Kier molecular flexibility index (Phi) is 2.43. The Morgan fingerprint density at radius 2 is 1.93 bits per heavy atom.